The van der Waals surface area contributed by atoms with Crippen molar-refractivity contribution in [2.75, 3.05) is 12.3 Å². The van der Waals surface area contributed by atoms with E-state index in [4.69, 9.17) is 0 Å². The van der Waals surface area contributed by atoms with E-state index in [0.29, 0.717) is 10.3 Å². The Labute approximate surface area is 117 Å². The lowest BCUT2D eigenvalue weighted by Gasteiger charge is -2.42. The quantitative estimate of drug-likeness (QED) is 0.529. The summed E-state index contributed by atoms with van der Waals surface area (Å²) in [7, 11) is 0.564. The molecule has 2 fully saturated rings. The second-order valence-electron chi connectivity index (χ2n) is 8.15. The summed E-state index contributed by atoms with van der Waals surface area (Å²) in [5.74, 6) is 0. The van der Waals surface area contributed by atoms with Crippen molar-refractivity contribution in [1.29, 1.82) is 0 Å². The van der Waals surface area contributed by atoms with E-state index < -0.39 is 0 Å². The predicted octanol–water partition coefficient (Wildman–Crippen LogP) is 5.87. The van der Waals surface area contributed by atoms with Crippen molar-refractivity contribution >= 4 is 15.8 Å². The van der Waals surface area contributed by atoms with Gasteiger partial charge in [0.1, 0.15) is 0 Å². The number of rotatable bonds is 1. The van der Waals surface area contributed by atoms with Crippen molar-refractivity contribution in [3.8, 4) is 0 Å². The lowest BCUT2D eigenvalue weighted by atomic mass is 10.1. The second-order valence-corrected chi connectivity index (χ2v) is 14.9. The lowest BCUT2D eigenvalue weighted by Crippen LogP contribution is -2.29. The van der Waals surface area contributed by atoms with Gasteiger partial charge in [0, 0.05) is 0 Å². The van der Waals surface area contributed by atoms with Gasteiger partial charge in [0.25, 0.3) is 0 Å². The first-order valence-corrected chi connectivity index (χ1v) is 10.9. The van der Waals surface area contributed by atoms with Crippen LogP contribution in [-0.2, 0) is 0 Å². The van der Waals surface area contributed by atoms with Gasteiger partial charge in [-0.3, -0.25) is 0 Å². The van der Waals surface area contributed by atoms with Crippen LogP contribution in [0.15, 0.2) is 0 Å². The zero-order valence-electron chi connectivity index (χ0n) is 13.3. The van der Waals surface area contributed by atoms with Gasteiger partial charge in [0.05, 0.1) is 0 Å². The smallest absolute Gasteiger partial charge is 0.0136 e. The highest BCUT2D eigenvalue weighted by Gasteiger charge is 2.46. The van der Waals surface area contributed by atoms with Gasteiger partial charge < -0.3 is 0 Å². The van der Waals surface area contributed by atoms with Gasteiger partial charge in [-0.1, -0.05) is 57.4 Å². The molecule has 2 heterocycles. The second kappa shape index (κ2) is 5.33. The van der Waals surface area contributed by atoms with E-state index in [-0.39, 0.29) is 15.8 Å². The standard InChI is InChI=1S/C16H32P2/c1-15(2,3)17-11-7-9-13(17)14-10-8-12-18(14)16(4,5)6/h13-14H,7-12H2,1-6H3. The Morgan fingerprint density at radius 3 is 1.28 bits per heavy atom. The molecule has 2 rings (SSSR count). The Kier molecular flexibility index (Phi) is 4.52. The highest BCUT2D eigenvalue weighted by atomic mass is 31.1. The third kappa shape index (κ3) is 3.12. The SMILES string of the molecule is CC(C)(C)P1CCCC1C1CCCP1C(C)(C)C. The number of hydrogen-bond acceptors (Lipinski definition) is 0. The molecule has 2 aliphatic heterocycles. The highest BCUT2D eigenvalue weighted by Crippen LogP contribution is 2.69. The fourth-order valence-electron chi connectivity index (χ4n) is 4.05. The summed E-state index contributed by atoms with van der Waals surface area (Å²) in [6, 6.07) is 0. The van der Waals surface area contributed by atoms with E-state index in [2.05, 4.69) is 41.5 Å². The zero-order chi connectivity index (χ0) is 13.6. The molecule has 2 heteroatoms. The zero-order valence-corrected chi connectivity index (χ0v) is 15.1. The minimum absolute atomic E-state index is 0.282. The summed E-state index contributed by atoms with van der Waals surface area (Å²) >= 11 is 0. The first-order chi connectivity index (χ1) is 8.21. The van der Waals surface area contributed by atoms with E-state index in [9.17, 15) is 0 Å². The molecule has 0 amide bonds. The van der Waals surface area contributed by atoms with Gasteiger partial charge in [-0.2, -0.15) is 0 Å². The molecule has 2 saturated heterocycles. The Balaban J connectivity index is 2.15. The van der Waals surface area contributed by atoms with Gasteiger partial charge in [-0.05, 0) is 59.6 Å². The summed E-state index contributed by atoms with van der Waals surface area (Å²) in [4.78, 5) is 0. The van der Waals surface area contributed by atoms with Gasteiger partial charge in [0.15, 0.2) is 0 Å². The maximum Gasteiger partial charge on any atom is -0.0136 e. The molecule has 0 N–H and O–H groups in total. The van der Waals surface area contributed by atoms with Crippen molar-refractivity contribution in [2.45, 2.75) is 88.9 Å². The van der Waals surface area contributed by atoms with Crippen molar-refractivity contribution in [3.05, 3.63) is 0 Å². The van der Waals surface area contributed by atoms with Crippen LogP contribution >= 0.6 is 15.8 Å². The maximum atomic E-state index is 2.51. The molecule has 0 bridgehead atoms. The first-order valence-electron chi connectivity index (χ1n) is 7.75. The molecule has 4 atom stereocenters. The Hall–Kier alpha value is 0.860. The molecule has 0 aromatic rings. The average Bonchev–Trinajstić information content (AvgIpc) is 2.83. The highest BCUT2D eigenvalue weighted by molar-refractivity contribution is 7.64. The van der Waals surface area contributed by atoms with Crippen LogP contribution in [0.1, 0.15) is 67.2 Å². The minimum Gasteiger partial charge on any atom is -0.0974 e. The third-order valence-electron chi connectivity index (χ3n) is 4.77. The molecule has 0 radical (unpaired) electrons. The van der Waals surface area contributed by atoms with Gasteiger partial charge in [-0.25, -0.2) is 0 Å². The van der Waals surface area contributed by atoms with Gasteiger partial charge in [-0.15, -0.1) is 0 Å². The van der Waals surface area contributed by atoms with E-state index in [1.165, 1.54) is 12.8 Å². The maximum absolute atomic E-state index is 2.51. The minimum atomic E-state index is 0.282. The molecule has 4 unspecified atom stereocenters. The molecule has 106 valence electrons. The monoisotopic (exact) mass is 286 g/mol. The summed E-state index contributed by atoms with van der Waals surface area (Å²) < 4.78 is 0. The molecule has 0 aromatic heterocycles. The van der Waals surface area contributed by atoms with Crippen LogP contribution in [0, 0.1) is 0 Å². The van der Waals surface area contributed by atoms with Crippen LogP contribution in [0.25, 0.3) is 0 Å². The van der Waals surface area contributed by atoms with E-state index in [1.807, 2.05) is 0 Å². The van der Waals surface area contributed by atoms with Crippen molar-refractivity contribution in [2.24, 2.45) is 0 Å². The van der Waals surface area contributed by atoms with E-state index >= 15 is 0 Å². The Morgan fingerprint density at radius 2 is 1.00 bits per heavy atom. The molecule has 0 aromatic carbocycles. The van der Waals surface area contributed by atoms with Crippen molar-refractivity contribution in [3.63, 3.8) is 0 Å². The summed E-state index contributed by atoms with van der Waals surface area (Å²) in [6.45, 7) is 15.0. The Morgan fingerprint density at radius 1 is 0.667 bits per heavy atom. The lowest BCUT2D eigenvalue weighted by molar-refractivity contribution is 0.671. The van der Waals surface area contributed by atoms with E-state index in [0.717, 1.165) is 11.3 Å². The van der Waals surface area contributed by atoms with Crippen molar-refractivity contribution < 1.29 is 0 Å². The fourth-order valence-corrected chi connectivity index (χ4v) is 12.2. The summed E-state index contributed by atoms with van der Waals surface area (Å²) in [6.07, 6.45) is 9.29. The molecule has 0 nitrogen and oxygen atoms in total. The molecule has 0 saturated carbocycles. The Bertz CT molecular complexity index is 254. The van der Waals surface area contributed by atoms with Crippen molar-refractivity contribution in [1.82, 2.24) is 0 Å². The van der Waals surface area contributed by atoms with Crippen LogP contribution in [0.5, 0.6) is 0 Å². The molecular formula is C16H32P2. The largest absolute Gasteiger partial charge is 0.0974 e. The molecular weight excluding hydrogens is 254 g/mol. The number of hydrogen-bond donors (Lipinski definition) is 0. The fraction of sp³-hybridized carbons (Fsp3) is 1.00. The molecule has 0 spiro atoms. The predicted molar refractivity (Wildman–Crippen MR) is 89.1 cm³/mol. The normalized spacial score (nSPS) is 38.3. The first kappa shape index (κ1) is 15.3. The van der Waals surface area contributed by atoms with Crippen LogP contribution in [0.4, 0.5) is 0 Å². The molecule has 2 aliphatic rings. The average molecular weight is 286 g/mol. The van der Waals surface area contributed by atoms with E-state index in [1.54, 1.807) is 25.2 Å². The van der Waals surface area contributed by atoms with Crippen LogP contribution in [0.2, 0.25) is 0 Å². The van der Waals surface area contributed by atoms with Crippen LogP contribution in [-0.4, -0.2) is 34.0 Å². The summed E-state index contributed by atoms with van der Waals surface area (Å²) in [5.41, 5.74) is 2.24. The topological polar surface area (TPSA) is 0 Å². The molecule has 18 heavy (non-hydrogen) atoms. The van der Waals surface area contributed by atoms with Gasteiger partial charge in [0.2, 0.25) is 0 Å². The third-order valence-corrected chi connectivity index (χ3v) is 12.9. The van der Waals surface area contributed by atoms with Crippen LogP contribution < -0.4 is 0 Å². The molecule has 0 aliphatic carbocycles. The van der Waals surface area contributed by atoms with Gasteiger partial charge >= 0.3 is 0 Å². The summed E-state index contributed by atoms with van der Waals surface area (Å²) in [5, 5.41) is 1.19. The van der Waals surface area contributed by atoms with Crippen LogP contribution in [0.3, 0.4) is 0 Å².